The van der Waals surface area contributed by atoms with Crippen LogP contribution in [-0.4, -0.2) is 81.4 Å². The highest BCUT2D eigenvalue weighted by atomic mass is 32.2. The Kier molecular flexibility index (Phi) is 5.87. The molecule has 2 aliphatic rings. The third kappa shape index (κ3) is 3.82. The number of benzene rings is 1. The normalized spacial score (nSPS) is 20.9. The van der Waals surface area contributed by atoms with Crippen molar-refractivity contribution in [1.82, 2.24) is 9.21 Å². The van der Waals surface area contributed by atoms with Gasteiger partial charge in [-0.1, -0.05) is 0 Å². The number of nitrogens with zero attached hydrogens (tertiary/aromatic N) is 4. The van der Waals surface area contributed by atoms with Gasteiger partial charge in [0.15, 0.2) is 0 Å². The fourth-order valence-corrected chi connectivity index (χ4v) is 5.03. The smallest absolute Gasteiger partial charge is 0.293 e. The van der Waals surface area contributed by atoms with Gasteiger partial charge in [-0.2, -0.15) is 4.31 Å². The lowest BCUT2D eigenvalue weighted by molar-refractivity contribution is -0.384. The first-order valence-electron chi connectivity index (χ1n) is 9.07. The maximum atomic E-state index is 12.8. The van der Waals surface area contributed by atoms with Crippen molar-refractivity contribution >= 4 is 27.3 Å². The Balaban J connectivity index is 1.98. The van der Waals surface area contributed by atoms with Gasteiger partial charge in [0.1, 0.15) is 11.7 Å². The Morgan fingerprint density at radius 2 is 1.93 bits per heavy atom. The molecule has 0 spiro atoms. The van der Waals surface area contributed by atoms with Crippen molar-refractivity contribution in [2.75, 3.05) is 51.8 Å². The van der Waals surface area contributed by atoms with Gasteiger partial charge in [-0.05, 0) is 25.0 Å². The molecular weight excluding hydrogens is 388 g/mol. The highest BCUT2D eigenvalue weighted by molar-refractivity contribution is 7.89. The van der Waals surface area contributed by atoms with Crippen molar-refractivity contribution in [3.8, 4) is 0 Å². The first-order chi connectivity index (χ1) is 13.2. The van der Waals surface area contributed by atoms with E-state index in [0.29, 0.717) is 26.2 Å². The maximum Gasteiger partial charge on any atom is 0.293 e. The van der Waals surface area contributed by atoms with Gasteiger partial charge in [0.2, 0.25) is 15.9 Å². The lowest BCUT2D eigenvalue weighted by Crippen LogP contribution is -2.43. The third-order valence-corrected chi connectivity index (χ3v) is 6.93. The van der Waals surface area contributed by atoms with Crippen molar-refractivity contribution in [2.24, 2.45) is 0 Å². The van der Waals surface area contributed by atoms with E-state index in [-0.39, 0.29) is 35.3 Å². The predicted molar refractivity (Wildman–Crippen MR) is 102 cm³/mol. The SMILES string of the molecule is CN(C)C(=O)C1CCCN1c1ccc(S(=O)(=O)N2CCOCC2)cc1[N+](=O)[O-]. The van der Waals surface area contributed by atoms with Crippen LogP contribution in [0.5, 0.6) is 0 Å². The fraction of sp³-hybridized carbons (Fsp3) is 0.588. The molecule has 2 aliphatic heterocycles. The van der Waals surface area contributed by atoms with Crippen molar-refractivity contribution in [3.63, 3.8) is 0 Å². The van der Waals surface area contributed by atoms with Crippen LogP contribution in [0.25, 0.3) is 0 Å². The first-order valence-corrected chi connectivity index (χ1v) is 10.5. The minimum atomic E-state index is -3.85. The molecule has 0 saturated carbocycles. The van der Waals surface area contributed by atoms with E-state index in [1.54, 1.807) is 19.0 Å². The monoisotopic (exact) mass is 412 g/mol. The number of rotatable bonds is 5. The second-order valence-corrected chi connectivity index (χ2v) is 8.95. The molecule has 1 amide bonds. The van der Waals surface area contributed by atoms with E-state index in [2.05, 4.69) is 0 Å². The number of nitro benzene ring substituents is 1. The molecule has 11 heteroatoms. The van der Waals surface area contributed by atoms with Crippen LogP contribution < -0.4 is 4.90 Å². The Hall–Kier alpha value is -2.24. The van der Waals surface area contributed by atoms with Gasteiger partial charge in [0.25, 0.3) is 5.69 Å². The average Bonchev–Trinajstić information content (AvgIpc) is 3.16. The molecular formula is C17H24N4O6S. The lowest BCUT2D eigenvalue weighted by Gasteiger charge is -2.28. The Morgan fingerprint density at radius 1 is 1.25 bits per heavy atom. The summed E-state index contributed by atoms with van der Waals surface area (Å²) >= 11 is 0. The molecule has 0 bridgehead atoms. The van der Waals surface area contributed by atoms with E-state index in [1.807, 2.05) is 0 Å². The molecule has 1 atom stereocenters. The Bertz CT molecular complexity index is 866. The molecule has 28 heavy (non-hydrogen) atoms. The summed E-state index contributed by atoms with van der Waals surface area (Å²) in [5.74, 6) is -0.128. The minimum Gasteiger partial charge on any atom is -0.379 e. The fourth-order valence-electron chi connectivity index (χ4n) is 3.60. The molecule has 0 aliphatic carbocycles. The number of sulfonamides is 1. The summed E-state index contributed by atoms with van der Waals surface area (Å²) in [5, 5.41) is 11.7. The topological polar surface area (TPSA) is 113 Å². The molecule has 2 heterocycles. The number of carbonyl (C=O) groups excluding carboxylic acids is 1. The number of ether oxygens (including phenoxy) is 1. The maximum absolute atomic E-state index is 12.8. The Labute approximate surface area is 163 Å². The molecule has 154 valence electrons. The molecule has 1 aromatic rings. The van der Waals surface area contributed by atoms with Crippen molar-refractivity contribution in [2.45, 2.75) is 23.8 Å². The molecule has 0 N–H and O–H groups in total. The highest BCUT2D eigenvalue weighted by Gasteiger charge is 2.36. The molecule has 3 rings (SSSR count). The van der Waals surface area contributed by atoms with Gasteiger partial charge in [-0.15, -0.1) is 0 Å². The van der Waals surface area contributed by atoms with Gasteiger partial charge in [0.05, 0.1) is 23.0 Å². The van der Waals surface area contributed by atoms with Crippen LogP contribution in [0, 0.1) is 10.1 Å². The first kappa shape index (κ1) is 20.5. The average molecular weight is 412 g/mol. The second kappa shape index (κ2) is 8.02. The van der Waals surface area contributed by atoms with Gasteiger partial charge in [0, 0.05) is 39.8 Å². The van der Waals surface area contributed by atoms with Crippen molar-refractivity contribution < 1.29 is 22.9 Å². The highest BCUT2D eigenvalue weighted by Crippen LogP contribution is 2.36. The largest absolute Gasteiger partial charge is 0.379 e. The van der Waals surface area contributed by atoms with E-state index in [0.717, 1.165) is 12.5 Å². The van der Waals surface area contributed by atoms with Crippen LogP contribution in [0.2, 0.25) is 0 Å². The summed E-state index contributed by atoms with van der Waals surface area (Å²) in [6, 6.07) is 3.42. The minimum absolute atomic E-state index is 0.125. The molecule has 0 aromatic heterocycles. The van der Waals surface area contributed by atoms with Crippen LogP contribution in [-0.2, 0) is 19.6 Å². The molecule has 0 radical (unpaired) electrons. The Morgan fingerprint density at radius 3 is 2.54 bits per heavy atom. The summed E-state index contributed by atoms with van der Waals surface area (Å²) in [5.41, 5.74) is -0.0450. The standard InChI is InChI=1S/C17H24N4O6S/c1-18(2)17(22)15-4-3-7-20(15)14-6-5-13(12-16(14)21(23)24)28(25,26)19-8-10-27-11-9-19/h5-6,12,15H,3-4,7-11H2,1-2H3. The summed E-state index contributed by atoms with van der Waals surface area (Å²) in [6.45, 7) is 1.51. The summed E-state index contributed by atoms with van der Waals surface area (Å²) in [7, 11) is -0.558. The van der Waals surface area contributed by atoms with Gasteiger partial charge in [-0.3, -0.25) is 14.9 Å². The number of nitro groups is 1. The number of anilines is 1. The van der Waals surface area contributed by atoms with Crippen LogP contribution in [0.3, 0.4) is 0 Å². The second-order valence-electron chi connectivity index (χ2n) is 7.01. The van der Waals surface area contributed by atoms with E-state index >= 15 is 0 Å². The number of morpholine rings is 1. The molecule has 1 unspecified atom stereocenters. The van der Waals surface area contributed by atoms with Crippen LogP contribution in [0.15, 0.2) is 23.1 Å². The van der Waals surface area contributed by atoms with Crippen LogP contribution in [0.1, 0.15) is 12.8 Å². The number of hydrogen-bond donors (Lipinski definition) is 0. The molecule has 2 fully saturated rings. The van der Waals surface area contributed by atoms with Gasteiger partial charge in [-0.25, -0.2) is 8.42 Å². The zero-order chi connectivity index (χ0) is 20.5. The number of hydrogen-bond acceptors (Lipinski definition) is 7. The molecule has 2 saturated heterocycles. The number of amides is 1. The predicted octanol–water partition coefficient (Wildman–Crippen LogP) is 0.673. The quantitative estimate of drug-likeness (QED) is 0.516. The number of likely N-dealkylation sites (N-methyl/N-ethyl adjacent to an activating group) is 1. The van der Waals surface area contributed by atoms with Crippen LogP contribution >= 0.6 is 0 Å². The van der Waals surface area contributed by atoms with E-state index in [4.69, 9.17) is 4.74 Å². The lowest BCUT2D eigenvalue weighted by atomic mass is 10.1. The zero-order valence-corrected chi connectivity index (χ0v) is 16.7. The molecule has 1 aromatic carbocycles. The third-order valence-electron chi connectivity index (χ3n) is 5.04. The van der Waals surface area contributed by atoms with Crippen LogP contribution in [0.4, 0.5) is 11.4 Å². The van der Waals surface area contributed by atoms with Crippen molar-refractivity contribution in [1.29, 1.82) is 0 Å². The van der Waals surface area contributed by atoms with E-state index < -0.39 is 21.0 Å². The summed E-state index contributed by atoms with van der Waals surface area (Å²) in [4.78, 5) is 26.6. The summed E-state index contributed by atoms with van der Waals surface area (Å²) in [6.07, 6.45) is 1.33. The zero-order valence-electron chi connectivity index (χ0n) is 15.9. The van der Waals surface area contributed by atoms with Gasteiger partial charge >= 0.3 is 0 Å². The van der Waals surface area contributed by atoms with Crippen molar-refractivity contribution in [3.05, 3.63) is 28.3 Å². The van der Waals surface area contributed by atoms with E-state index in [1.165, 1.54) is 21.3 Å². The number of carbonyl (C=O) groups is 1. The summed E-state index contributed by atoms with van der Waals surface area (Å²) < 4.78 is 32.1. The molecule has 10 nitrogen and oxygen atoms in total. The van der Waals surface area contributed by atoms with E-state index in [9.17, 15) is 23.3 Å². The van der Waals surface area contributed by atoms with Gasteiger partial charge < -0.3 is 14.5 Å².